The van der Waals surface area contributed by atoms with Crippen LogP contribution in [-0.2, 0) is 13.5 Å². The van der Waals surface area contributed by atoms with Crippen LogP contribution in [0.25, 0.3) is 11.0 Å². The number of hydrogen-bond acceptors (Lipinski definition) is 7. The lowest BCUT2D eigenvalue weighted by Gasteiger charge is -2.12. The van der Waals surface area contributed by atoms with Gasteiger partial charge in [0.25, 0.3) is 0 Å². The fraction of sp³-hybridized carbons (Fsp3) is 0.500. The molecule has 3 N–H and O–H groups in total. The minimum atomic E-state index is 0. The summed E-state index contributed by atoms with van der Waals surface area (Å²) in [5, 5.41) is 16.2. The van der Waals surface area contributed by atoms with E-state index in [1.807, 2.05) is 14.0 Å². The Morgan fingerprint density at radius 3 is 2.76 bits per heavy atom. The fourth-order valence-electron chi connectivity index (χ4n) is 2.72. The van der Waals surface area contributed by atoms with E-state index in [-0.39, 0.29) is 24.0 Å². The zero-order chi connectivity index (χ0) is 19.9. The highest BCUT2D eigenvalue weighted by Crippen LogP contribution is 2.17. The Bertz CT molecular complexity index is 931. The number of guanidine groups is 1. The summed E-state index contributed by atoms with van der Waals surface area (Å²) in [6, 6.07) is 0. The van der Waals surface area contributed by atoms with Crippen molar-refractivity contribution >= 4 is 58.1 Å². The predicted molar refractivity (Wildman–Crippen MR) is 129 cm³/mol. The van der Waals surface area contributed by atoms with Crippen LogP contribution in [0.15, 0.2) is 17.5 Å². The Kier molecular flexibility index (Phi) is 9.01. The maximum absolute atomic E-state index is 4.64. The number of aliphatic imine (C=N–C) groups is 1. The lowest BCUT2D eigenvalue weighted by Crippen LogP contribution is -2.39. The van der Waals surface area contributed by atoms with Crippen LogP contribution in [-0.4, -0.2) is 56.9 Å². The van der Waals surface area contributed by atoms with Crippen molar-refractivity contribution in [1.82, 2.24) is 35.4 Å². The summed E-state index contributed by atoms with van der Waals surface area (Å²) in [6.45, 7) is 9.16. The minimum Gasteiger partial charge on any atom is -0.368 e. The van der Waals surface area contributed by atoms with E-state index in [1.54, 1.807) is 28.5 Å². The second-order valence-electron chi connectivity index (χ2n) is 6.34. The summed E-state index contributed by atoms with van der Waals surface area (Å²) < 4.78 is 1.74. The van der Waals surface area contributed by atoms with Crippen LogP contribution in [0.5, 0.6) is 0 Å². The molecule has 0 aliphatic rings. The van der Waals surface area contributed by atoms with E-state index in [1.165, 1.54) is 4.88 Å². The maximum atomic E-state index is 4.64. The van der Waals surface area contributed by atoms with E-state index >= 15 is 0 Å². The van der Waals surface area contributed by atoms with E-state index in [2.05, 4.69) is 54.8 Å². The molecule has 3 rings (SSSR count). The molecule has 0 aliphatic heterocycles. The van der Waals surface area contributed by atoms with E-state index in [9.17, 15) is 0 Å². The van der Waals surface area contributed by atoms with Crippen molar-refractivity contribution in [3.8, 4) is 0 Å². The number of hydrogen-bond donors (Lipinski definition) is 3. The molecule has 0 aliphatic carbocycles. The van der Waals surface area contributed by atoms with Gasteiger partial charge in [-0.2, -0.15) is 5.10 Å². The molecule has 3 heterocycles. The molecular weight excluding hydrogens is 501 g/mol. The number of fused-ring (bicyclic) bond motifs is 1. The lowest BCUT2D eigenvalue weighted by atomic mass is 10.4. The number of aromatic nitrogens is 5. The van der Waals surface area contributed by atoms with Crippen LogP contribution in [0.3, 0.4) is 0 Å². The van der Waals surface area contributed by atoms with Crippen LogP contribution in [0, 0.1) is 13.8 Å². The Hall–Kier alpha value is -2.02. The number of rotatable bonds is 8. The zero-order valence-electron chi connectivity index (χ0n) is 17.2. The third-order valence-corrected chi connectivity index (χ3v) is 5.38. The largest absolute Gasteiger partial charge is 0.368 e. The van der Waals surface area contributed by atoms with E-state index in [0.717, 1.165) is 46.5 Å². The molecule has 0 saturated heterocycles. The monoisotopic (exact) mass is 529 g/mol. The zero-order valence-corrected chi connectivity index (χ0v) is 20.3. The van der Waals surface area contributed by atoms with Gasteiger partial charge in [0.2, 0.25) is 0 Å². The molecular formula is C18H28IN9S. The highest BCUT2D eigenvalue weighted by atomic mass is 127. The summed E-state index contributed by atoms with van der Waals surface area (Å²) in [5.74, 6) is 1.60. The van der Waals surface area contributed by atoms with Crippen molar-refractivity contribution in [1.29, 1.82) is 0 Å². The molecule has 9 nitrogen and oxygen atoms in total. The number of nitrogens with one attached hydrogen (secondary N) is 3. The number of halogens is 1. The third kappa shape index (κ3) is 6.23. The van der Waals surface area contributed by atoms with Gasteiger partial charge in [-0.05, 0) is 20.8 Å². The standard InChI is InChI=1S/C18H27N9S.HI/c1-5-19-18(21-7-6-15-26-12(2)13(3)28-15)22-9-8-20-16-14-10-25-27(4)17(14)24-11-23-16;/h10-11H,5-9H2,1-4H3,(H2,19,21,22)(H,20,23,24);1H. The van der Waals surface area contributed by atoms with Crippen LogP contribution in [0.1, 0.15) is 22.5 Å². The van der Waals surface area contributed by atoms with Crippen LogP contribution in [0.2, 0.25) is 0 Å². The number of aryl methyl sites for hydroxylation is 3. The topological polar surface area (TPSA) is 105 Å². The molecule has 29 heavy (non-hydrogen) atoms. The van der Waals surface area contributed by atoms with Gasteiger partial charge in [0.05, 0.1) is 22.3 Å². The summed E-state index contributed by atoms with van der Waals surface area (Å²) in [5.41, 5.74) is 1.93. The molecule has 0 saturated carbocycles. The first-order chi connectivity index (χ1) is 13.6. The average Bonchev–Trinajstić information content (AvgIpc) is 3.21. The molecule has 3 aromatic rings. The van der Waals surface area contributed by atoms with Crippen molar-refractivity contribution < 1.29 is 0 Å². The van der Waals surface area contributed by atoms with Crippen molar-refractivity contribution in [3.05, 3.63) is 28.1 Å². The molecule has 11 heteroatoms. The summed E-state index contributed by atoms with van der Waals surface area (Å²) in [7, 11) is 1.87. The SMILES string of the molecule is CCNC(=NCCc1nc(C)c(C)s1)NCCNc1ncnc2c1cnn2C.I. The van der Waals surface area contributed by atoms with E-state index < -0.39 is 0 Å². The lowest BCUT2D eigenvalue weighted by molar-refractivity contribution is 0.785. The number of anilines is 1. The smallest absolute Gasteiger partial charge is 0.191 e. The molecule has 0 radical (unpaired) electrons. The number of nitrogens with zero attached hydrogens (tertiary/aromatic N) is 6. The van der Waals surface area contributed by atoms with Gasteiger partial charge >= 0.3 is 0 Å². The summed E-state index contributed by atoms with van der Waals surface area (Å²) in [4.78, 5) is 19.0. The fourth-order valence-corrected chi connectivity index (χ4v) is 3.64. The van der Waals surface area contributed by atoms with Crippen molar-refractivity contribution in [2.45, 2.75) is 27.2 Å². The van der Waals surface area contributed by atoms with Crippen molar-refractivity contribution in [2.75, 3.05) is 31.5 Å². The molecule has 0 aromatic carbocycles. The third-order valence-electron chi connectivity index (χ3n) is 4.25. The van der Waals surface area contributed by atoms with Crippen molar-refractivity contribution in [3.63, 3.8) is 0 Å². The molecule has 0 bridgehead atoms. The van der Waals surface area contributed by atoms with Gasteiger partial charge in [-0.15, -0.1) is 35.3 Å². The molecule has 0 spiro atoms. The molecule has 0 amide bonds. The van der Waals surface area contributed by atoms with Crippen LogP contribution in [0.4, 0.5) is 5.82 Å². The minimum absolute atomic E-state index is 0. The molecule has 0 fully saturated rings. The Morgan fingerprint density at radius 1 is 1.21 bits per heavy atom. The first-order valence-electron chi connectivity index (χ1n) is 9.40. The van der Waals surface area contributed by atoms with Gasteiger partial charge in [0, 0.05) is 44.5 Å². The second kappa shape index (κ2) is 11.2. The van der Waals surface area contributed by atoms with Crippen LogP contribution < -0.4 is 16.0 Å². The van der Waals surface area contributed by atoms with Gasteiger partial charge in [-0.25, -0.2) is 15.0 Å². The Labute approximate surface area is 191 Å². The normalized spacial score (nSPS) is 11.4. The number of thiazole rings is 1. The molecule has 0 unspecified atom stereocenters. The summed E-state index contributed by atoms with van der Waals surface area (Å²) in [6.07, 6.45) is 4.18. The van der Waals surface area contributed by atoms with Gasteiger partial charge in [-0.1, -0.05) is 0 Å². The Morgan fingerprint density at radius 2 is 2.03 bits per heavy atom. The van der Waals surface area contributed by atoms with Gasteiger partial charge in [0.15, 0.2) is 11.6 Å². The highest BCUT2D eigenvalue weighted by molar-refractivity contribution is 14.0. The highest BCUT2D eigenvalue weighted by Gasteiger charge is 2.07. The Balaban J connectivity index is 0.00000300. The van der Waals surface area contributed by atoms with Gasteiger partial charge in [-0.3, -0.25) is 9.67 Å². The first-order valence-corrected chi connectivity index (χ1v) is 10.2. The van der Waals surface area contributed by atoms with E-state index in [0.29, 0.717) is 19.6 Å². The van der Waals surface area contributed by atoms with Crippen LogP contribution >= 0.6 is 35.3 Å². The molecule has 158 valence electrons. The second-order valence-corrected chi connectivity index (χ2v) is 7.63. The van der Waals surface area contributed by atoms with Gasteiger partial charge in [0.1, 0.15) is 12.1 Å². The van der Waals surface area contributed by atoms with Gasteiger partial charge < -0.3 is 16.0 Å². The predicted octanol–water partition coefficient (Wildman–Crippen LogP) is 2.26. The average molecular weight is 529 g/mol. The quantitative estimate of drug-likeness (QED) is 0.178. The maximum Gasteiger partial charge on any atom is 0.191 e. The van der Waals surface area contributed by atoms with E-state index in [4.69, 9.17) is 0 Å². The van der Waals surface area contributed by atoms with Crippen molar-refractivity contribution in [2.24, 2.45) is 12.0 Å². The first kappa shape index (κ1) is 23.3. The molecule has 0 atom stereocenters. The summed E-state index contributed by atoms with van der Waals surface area (Å²) >= 11 is 1.75. The molecule has 3 aromatic heterocycles.